The SMILES string of the molecule is C=C/C(Cl)=C1/C(=O)N(c2cccc(F)c2)C([C@H](C)Nc2nc(-c3c(C)cc(C)cc3C)nc3nc[nH]c(=O)c23)=NN1C. The van der Waals surface area contributed by atoms with Crippen LogP contribution in [0, 0.1) is 26.6 Å². The van der Waals surface area contributed by atoms with Gasteiger partial charge in [-0.3, -0.25) is 19.5 Å². The number of aromatic amines is 1. The normalized spacial score (nSPS) is 15.5. The standard InChI is InChI=1S/C30H28ClFN8O2/c1-7-21(31)24-30(42)40(20-10-8-9-19(32)13-20)28(38-39(24)6)18(5)35-27-23-25(33-14-34-29(23)41)36-26(37-27)22-16(3)11-15(2)12-17(22)4/h7-14,18H,1H2,2-6H3,(H2,33,34,35,36,37,41)/b24-21+/t18-/m0/s1. The first-order valence-electron chi connectivity index (χ1n) is 13.0. The number of hydrogen-bond donors (Lipinski definition) is 2. The summed E-state index contributed by atoms with van der Waals surface area (Å²) in [4.78, 5) is 44.3. The van der Waals surface area contributed by atoms with Crippen molar-refractivity contribution in [1.82, 2.24) is 24.9 Å². The molecule has 3 heterocycles. The number of rotatable bonds is 6. The summed E-state index contributed by atoms with van der Waals surface area (Å²) >= 11 is 6.32. The second kappa shape index (κ2) is 11.2. The van der Waals surface area contributed by atoms with Crippen LogP contribution in [0.2, 0.25) is 0 Å². The molecule has 0 bridgehead atoms. The Bertz CT molecular complexity index is 1860. The number of amidine groups is 1. The summed E-state index contributed by atoms with van der Waals surface area (Å²) in [6, 6.07) is 8.92. The Hall–Kier alpha value is -4.90. The maximum atomic E-state index is 14.3. The number of benzene rings is 2. The molecule has 0 unspecified atom stereocenters. The average Bonchev–Trinajstić information content (AvgIpc) is 2.92. The Morgan fingerprint density at radius 2 is 1.86 bits per heavy atom. The highest BCUT2D eigenvalue weighted by Gasteiger charge is 2.36. The quantitative estimate of drug-likeness (QED) is 0.299. The van der Waals surface area contributed by atoms with Crippen molar-refractivity contribution in [3.8, 4) is 11.4 Å². The molecule has 0 aliphatic carbocycles. The van der Waals surface area contributed by atoms with Crippen molar-refractivity contribution in [1.29, 1.82) is 0 Å². The largest absolute Gasteiger partial charge is 0.359 e. The summed E-state index contributed by atoms with van der Waals surface area (Å²) in [6.07, 6.45) is 2.62. The van der Waals surface area contributed by atoms with E-state index < -0.39 is 23.3 Å². The summed E-state index contributed by atoms with van der Waals surface area (Å²) in [7, 11) is 1.57. The molecule has 1 aliphatic rings. The molecule has 4 aromatic rings. The van der Waals surface area contributed by atoms with Crippen LogP contribution < -0.4 is 15.8 Å². The fraction of sp³-hybridized carbons (Fsp3) is 0.200. The number of halogens is 2. The second-order valence-corrected chi connectivity index (χ2v) is 10.4. The third-order valence-corrected chi connectivity index (χ3v) is 7.16. The van der Waals surface area contributed by atoms with E-state index in [4.69, 9.17) is 16.6 Å². The molecule has 0 fully saturated rings. The molecule has 2 aromatic carbocycles. The zero-order valence-corrected chi connectivity index (χ0v) is 24.4. The predicted molar refractivity (Wildman–Crippen MR) is 163 cm³/mol. The van der Waals surface area contributed by atoms with E-state index in [1.165, 1.54) is 40.5 Å². The third kappa shape index (κ3) is 5.14. The van der Waals surface area contributed by atoms with Crippen molar-refractivity contribution >= 4 is 45.9 Å². The molecule has 2 aromatic heterocycles. The summed E-state index contributed by atoms with van der Waals surface area (Å²) in [5.74, 6) is -0.285. The van der Waals surface area contributed by atoms with E-state index in [9.17, 15) is 14.0 Å². The van der Waals surface area contributed by atoms with Gasteiger partial charge in [0.15, 0.2) is 17.3 Å². The average molecular weight is 587 g/mol. The topological polar surface area (TPSA) is 119 Å². The first-order chi connectivity index (χ1) is 20.0. The lowest BCUT2D eigenvalue weighted by Crippen LogP contribution is -2.52. The molecule has 42 heavy (non-hydrogen) atoms. The second-order valence-electron chi connectivity index (χ2n) is 9.97. The molecule has 0 radical (unpaired) electrons. The van der Waals surface area contributed by atoms with Crippen molar-refractivity contribution in [3.63, 3.8) is 0 Å². The molecule has 10 nitrogen and oxygen atoms in total. The van der Waals surface area contributed by atoms with Crippen LogP contribution in [0.5, 0.6) is 0 Å². The van der Waals surface area contributed by atoms with Crippen molar-refractivity contribution in [3.05, 3.63) is 99.0 Å². The van der Waals surface area contributed by atoms with Gasteiger partial charge in [-0.1, -0.05) is 41.9 Å². The van der Waals surface area contributed by atoms with Gasteiger partial charge in [0.1, 0.15) is 22.7 Å². The number of carbonyl (C=O) groups is 1. The Kier molecular flexibility index (Phi) is 7.61. The number of carbonyl (C=O) groups excluding carboxylic acids is 1. The number of amides is 1. The van der Waals surface area contributed by atoms with E-state index in [0.29, 0.717) is 5.82 Å². The summed E-state index contributed by atoms with van der Waals surface area (Å²) in [5, 5.41) is 9.43. The van der Waals surface area contributed by atoms with E-state index in [1.807, 2.05) is 32.9 Å². The smallest absolute Gasteiger partial charge is 0.283 e. The van der Waals surface area contributed by atoms with Gasteiger partial charge in [-0.15, -0.1) is 0 Å². The molecular weight excluding hydrogens is 559 g/mol. The number of hydrogen-bond acceptors (Lipinski definition) is 8. The van der Waals surface area contributed by atoms with E-state index >= 15 is 0 Å². The molecule has 12 heteroatoms. The minimum absolute atomic E-state index is 0.0626. The molecule has 0 spiro atoms. The van der Waals surface area contributed by atoms with Crippen molar-refractivity contribution in [2.45, 2.75) is 33.7 Å². The number of nitrogens with zero attached hydrogens (tertiary/aromatic N) is 6. The number of allylic oxidation sites excluding steroid dienone is 2. The first-order valence-corrected chi connectivity index (χ1v) is 13.4. The highest BCUT2D eigenvalue weighted by Crippen LogP contribution is 2.31. The van der Waals surface area contributed by atoms with Gasteiger partial charge in [0, 0.05) is 12.6 Å². The number of H-pyrrole nitrogens is 1. The van der Waals surface area contributed by atoms with Crippen LogP contribution in [0.3, 0.4) is 0 Å². The van der Waals surface area contributed by atoms with Gasteiger partial charge in [0.2, 0.25) is 0 Å². The molecule has 0 saturated carbocycles. The van der Waals surface area contributed by atoms with Gasteiger partial charge in [-0.05, 0) is 63.1 Å². The van der Waals surface area contributed by atoms with E-state index in [2.05, 4.69) is 31.9 Å². The zero-order chi connectivity index (χ0) is 30.3. The molecule has 2 N–H and O–H groups in total. The zero-order valence-electron chi connectivity index (χ0n) is 23.7. The Labute approximate surface area is 246 Å². The minimum atomic E-state index is -0.727. The van der Waals surface area contributed by atoms with Crippen LogP contribution >= 0.6 is 11.6 Å². The number of likely N-dealkylation sites (N-methyl/N-ethyl adjacent to an activating group) is 1. The Morgan fingerprint density at radius 1 is 1.14 bits per heavy atom. The summed E-state index contributed by atoms with van der Waals surface area (Å²) in [6.45, 7) is 11.4. The fourth-order valence-corrected chi connectivity index (χ4v) is 5.29. The molecule has 0 saturated heterocycles. The van der Waals surface area contributed by atoms with Gasteiger partial charge in [0.25, 0.3) is 11.5 Å². The number of nitrogens with one attached hydrogen (secondary N) is 2. The van der Waals surface area contributed by atoms with Gasteiger partial charge in [0.05, 0.1) is 23.1 Å². The lowest BCUT2D eigenvalue weighted by molar-refractivity contribution is -0.116. The van der Waals surface area contributed by atoms with E-state index in [0.717, 1.165) is 22.3 Å². The maximum Gasteiger partial charge on any atom is 0.283 e. The summed E-state index contributed by atoms with van der Waals surface area (Å²) in [5.41, 5.74) is 3.91. The number of fused-ring (bicyclic) bond motifs is 1. The van der Waals surface area contributed by atoms with Gasteiger partial charge < -0.3 is 10.3 Å². The third-order valence-electron chi connectivity index (χ3n) is 6.82. The number of aromatic nitrogens is 4. The van der Waals surface area contributed by atoms with E-state index in [1.54, 1.807) is 20.0 Å². The minimum Gasteiger partial charge on any atom is -0.359 e. The molecule has 5 rings (SSSR count). The lowest BCUT2D eigenvalue weighted by atomic mass is 9.99. The van der Waals surface area contributed by atoms with Crippen molar-refractivity contribution in [2.75, 3.05) is 17.3 Å². The van der Waals surface area contributed by atoms with Crippen LogP contribution in [0.15, 0.2) is 76.0 Å². The van der Waals surface area contributed by atoms with Crippen LogP contribution in [0.1, 0.15) is 23.6 Å². The van der Waals surface area contributed by atoms with Crippen LogP contribution in [-0.2, 0) is 4.79 Å². The monoisotopic (exact) mass is 586 g/mol. The Balaban J connectivity index is 1.67. The van der Waals surface area contributed by atoms with Gasteiger partial charge >= 0.3 is 0 Å². The van der Waals surface area contributed by atoms with Gasteiger partial charge in [-0.25, -0.2) is 19.3 Å². The number of aryl methyl sites for hydroxylation is 3. The maximum absolute atomic E-state index is 14.3. The van der Waals surface area contributed by atoms with Crippen LogP contribution in [0.25, 0.3) is 22.4 Å². The first kappa shape index (κ1) is 28.6. The number of hydrazone groups is 1. The molecular formula is C30H28ClFN8O2. The molecule has 1 atom stereocenters. The van der Waals surface area contributed by atoms with Crippen molar-refractivity contribution < 1.29 is 9.18 Å². The van der Waals surface area contributed by atoms with Crippen molar-refractivity contribution in [2.24, 2.45) is 5.10 Å². The predicted octanol–water partition coefficient (Wildman–Crippen LogP) is 5.17. The van der Waals surface area contributed by atoms with Crippen LogP contribution in [-0.4, -0.2) is 49.8 Å². The highest BCUT2D eigenvalue weighted by atomic mass is 35.5. The molecule has 1 amide bonds. The van der Waals surface area contributed by atoms with Gasteiger partial charge in [-0.2, -0.15) is 5.10 Å². The van der Waals surface area contributed by atoms with E-state index in [-0.39, 0.29) is 39.1 Å². The summed E-state index contributed by atoms with van der Waals surface area (Å²) < 4.78 is 14.3. The van der Waals surface area contributed by atoms with Crippen LogP contribution in [0.4, 0.5) is 15.9 Å². The fourth-order valence-electron chi connectivity index (χ4n) is 5.09. The molecule has 1 aliphatic heterocycles. The molecule has 214 valence electrons. The highest BCUT2D eigenvalue weighted by molar-refractivity contribution is 6.36. The Morgan fingerprint density at radius 3 is 2.52 bits per heavy atom. The lowest BCUT2D eigenvalue weighted by Gasteiger charge is -2.36. The number of anilines is 2.